The first-order valence-electron chi connectivity index (χ1n) is 11.2. The van der Waals surface area contributed by atoms with Crippen LogP contribution in [0.5, 0.6) is 11.5 Å². The monoisotopic (exact) mass is 494 g/mol. The van der Waals surface area contributed by atoms with E-state index < -0.39 is 18.0 Å². The molecule has 1 aliphatic heterocycles. The van der Waals surface area contributed by atoms with Crippen molar-refractivity contribution in [3.8, 4) is 11.5 Å². The minimum absolute atomic E-state index is 0.0578. The summed E-state index contributed by atoms with van der Waals surface area (Å²) in [4.78, 5) is 26.7. The number of aliphatic hydroxyl groups excluding tert-OH is 1. The summed E-state index contributed by atoms with van der Waals surface area (Å²) >= 11 is 0. The van der Waals surface area contributed by atoms with E-state index in [1.54, 1.807) is 37.9 Å². The summed E-state index contributed by atoms with van der Waals surface area (Å²) in [6.45, 7) is 5.52. The Kier molecular flexibility index (Phi) is 5.80. The Balaban J connectivity index is 1.34. The van der Waals surface area contributed by atoms with Crippen molar-refractivity contribution in [1.82, 2.24) is 19.7 Å². The smallest absolute Gasteiger partial charge is 0.325 e. The molecule has 4 heterocycles. The number of ether oxygens (including phenoxy) is 1. The second-order valence-electron chi connectivity index (χ2n) is 8.57. The minimum atomic E-state index is -0.711. The number of aliphatic hydroxyl groups is 1. The number of hydrogen-bond donors (Lipinski definition) is 3. The van der Waals surface area contributed by atoms with Crippen molar-refractivity contribution in [2.75, 3.05) is 17.2 Å². The molecule has 4 aromatic rings. The van der Waals surface area contributed by atoms with E-state index in [-0.39, 0.29) is 35.7 Å². The largest absolute Gasteiger partial charge is 0.455 e. The molecule has 11 nitrogen and oxygen atoms in total. The number of carbonyl (C=O) groups excluding carboxylic acids is 2. The van der Waals surface area contributed by atoms with Crippen LogP contribution in [0.4, 0.5) is 20.7 Å². The Morgan fingerprint density at radius 3 is 2.69 bits per heavy atom. The molecule has 3 aromatic heterocycles. The predicted molar refractivity (Wildman–Crippen MR) is 127 cm³/mol. The molecule has 0 radical (unpaired) electrons. The van der Waals surface area contributed by atoms with Crippen LogP contribution in [0.1, 0.15) is 28.6 Å². The molecule has 3 amide bonds. The molecule has 36 heavy (non-hydrogen) atoms. The molecule has 0 aliphatic carbocycles. The Morgan fingerprint density at radius 1 is 1.22 bits per heavy atom. The van der Waals surface area contributed by atoms with Gasteiger partial charge in [0.1, 0.15) is 22.8 Å². The van der Waals surface area contributed by atoms with Gasteiger partial charge in [-0.15, -0.1) is 0 Å². The zero-order valence-electron chi connectivity index (χ0n) is 19.7. The molecule has 5 rings (SSSR count). The number of likely N-dealkylation sites (tertiary alicyclic amines) is 1. The number of β-amino-alcohol motifs (C(OH)–C–C–N with tert-alkyl or cyclic N) is 1. The number of nitrogens with zero attached hydrogens (tertiary/aromatic N) is 4. The third-order valence-electron chi connectivity index (χ3n) is 6.10. The molecular weight excluding hydrogens is 471 g/mol. The molecule has 3 N–H and O–H groups in total. The SMILES string of the molecule is Cc1cc(NC(=O)Nc2ccc(Oc3ccnn4cc(C(=O)N5C[C@@H](O)[C@H]5C)c(C)c34)cc2F)no1. The molecule has 0 saturated carbocycles. The van der Waals surface area contributed by atoms with E-state index in [1.807, 2.05) is 0 Å². The molecule has 0 spiro atoms. The van der Waals surface area contributed by atoms with Crippen molar-refractivity contribution in [2.45, 2.75) is 32.9 Å². The first-order valence-corrected chi connectivity index (χ1v) is 11.2. The second-order valence-corrected chi connectivity index (χ2v) is 8.57. The number of fused-ring (bicyclic) bond motifs is 1. The summed E-state index contributed by atoms with van der Waals surface area (Å²) in [5, 5.41) is 22.5. The van der Waals surface area contributed by atoms with Gasteiger partial charge in [-0.25, -0.2) is 13.7 Å². The fourth-order valence-electron chi connectivity index (χ4n) is 4.02. The molecule has 1 aromatic carbocycles. The van der Waals surface area contributed by atoms with E-state index in [0.29, 0.717) is 28.2 Å². The van der Waals surface area contributed by atoms with Crippen molar-refractivity contribution in [3.05, 3.63) is 65.4 Å². The summed E-state index contributed by atoms with van der Waals surface area (Å²) in [5.41, 5.74) is 1.59. The lowest BCUT2D eigenvalue weighted by molar-refractivity contribution is -0.0357. The third-order valence-corrected chi connectivity index (χ3v) is 6.10. The molecule has 1 fully saturated rings. The maximum absolute atomic E-state index is 14.7. The molecule has 0 bridgehead atoms. The van der Waals surface area contributed by atoms with Gasteiger partial charge in [0.2, 0.25) is 0 Å². The summed E-state index contributed by atoms with van der Waals surface area (Å²) in [5.74, 6) is 0.364. The molecular formula is C24H23FN6O5. The van der Waals surface area contributed by atoms with Crippen molar-refractivity contribution in [1.29, 1.82) is 0 Å². The van der Waals surface area contributed by atoms with E-state index in [0.717, 1.165) is 6.07 Å². The number of hydrogen-bond acceptors (Lipinski definition) is 7. The van der Waals surface area contributed by atoms with Gasteiger partial charge in [0, 0.05) is 30.9 Å². The Morgan fingerprint density at radius 2 is 2.03 bits per heavy atom. The molecule has 1 aliphatic rings. The van der Waals surface area contributed by atoms with Crippen LogP contribution in [0.15, 0.2) is 47.2 Å². The van der Waals surface area contributed by atoms with Gasteiger partial charge in [0.25, 0.3) is 5.91 Å². The Labute approximate surface area is 204 Å². The quantitative estimate of drug-likeness (QED) is 0.385. The molecule has 1 saturated heterocycles. The van der Waals surface area contributed by atoms with Gasteiger partial charge in [-0.05, 0) is 38.5 Å². The number of benzene rings is 1. The fraction of sp³-hybridized carbons (Fsp3) is 0.250. The standard InChI is InChI=1S/C24H23FN6O5/c1-12-8-21(29-36-12)28-24(34)27-18-5-4-15(9-17(18)25)35-20-6-7-26-31-10-16(13(2)22(20)31)23(33)30-11-19(32)14(30)3/h4-10,14,19,32H,11H2,1-3H3,(H2,27,28,29,34)/t14-,19-/m1/s1. The summed E-state index contributed by atoms with van der Waals surface area (Å²) < 4.78 is 27.0. The number of nitrogens with one attached hydrogen (secondary N) is 2. The number of amides is 3. The van der Waals surface area contributed by atoms with Crippen molar-refractivity contribution in [3.63, 3.8) is 0 Å². The number of carbonyl (C=O) groups is 2. The Hall–Kier alpha value is -4.45. The van der Waals surface area contributed by atoms with Crippen LogP contribution in [0.25, 0.3) is 5.52 Å². The first kappa shape index (κ1) is 23.3. The van der Waals surface area contributed by atoms with E-state index in [9.17, 15) is 19.1 Å². The van der Waals surface area contributed by atoms with Crippen LogP contribution in [0.3, 0.4) is 0 Å². The maximum Gasteiger partial charge on any atom is 0.325 e. The van der Waals surface area contributed by atoms with E-state index in [4.69, 9.17) is 9.26 Å². The zero-order chi connectivity index (χ0) is 25.6. The minimum Gasteiger partial charge on any atom is -0.455 e. The number of aromatic nitrogens is 3. The van der Waals surface area contributed by atoms with Gasteiger partial charge in [0.05, 0.1) is 29.6 Å². The van der Waals surface area contributed by atoms with Gasteiger partial charge < -0.3 is 24.6 Å². The van der Waals surface area contributed by atoms with Crippen LogP contribution in [0.2, 0.25) is 0 Å². The van der Waals surface area contributed by atoms with Crippen LogP contribution >= 0.6 is 0 Å². The highest BCUT2D eigenvalue weighted by molar-refractivity contribution is 6.00. The van der Waals surface area contributed by atoms with Crippen LogP contribution in [-0.2, 0) is 0 Å². The summed E-state index contributed by atoms with van der Waals surface area (Å²) in [7, 11) is 0. The number of anilines is 2. The highest BCUT2D eigenvalue weighted by atomic mass is 19.1. The van der Waals surface area contributed by atoms with Crippen molar-refractivity contribution in [2.24, 2.45) is 0 Å². The highest BCUT2D eigenvalue weighted by Crippen LogP contribution is 2.33. The Bertz CT molecular complexity index is 1480. The van der Waals surface area contributed by atoms with Crippen LogP contribution < -0.4 is 15.4 Å². The van der Waals surface area contributed by atoms with E-state index >= 15 is 0 Å². The topological polar surface area (TPSA) is 134 Å². The normalized spacial score (nSPS) is 17.1. The number of halogens is 1. The van der Waals surface area contributed by atoms with Crippen LogP contribution in [-0.4, -0.2) is 55.4 Å². The van der Waals surface area contributed by atoms with Crippen LogP contribution in [0, 0.1) is 19.7 Å². The lowest BCUT2D eigenvalue weighted by Crippen LogP contribution is -2.60. The number of urea groups is 1. The number of rotatable bonds is 5. The van der Waals surface area contributed by atoms with Gasteiger partial charge in [-0.2, -0.15) is 5.10 Å². The molecule has 186 valence electrons. The van der Waals surface area contributed by atoms with Gasteiger partial charge >= 0.3 is 6.03 Å². The average Bonchev–Trinajstić information content (AvgIpc) is 3.41. The third kappa shape index (κ3) is 4.22. The maximum atomic E-state index is 14.7. The van der Waals surface area contributed by atoms with Gasteiger partial charge in [-0.3, -0.25) is 10.1 Å². The van der Waals surface area contributed by atoms with E-state index in [1.165, 1.54) is 28.9 Å². The van der Waals surface area contributed by atoms with Crippen molar-refractivity contribution >= 4 is 29.0 Å². The highest BCUT2D eigenvalue weighted by Gasteiger charge is 2.38. The fourth-order valence-corrected chi connectivity index (χ4v) is 4.02. The van der Waals surface area contributed by atoms with Gasteiger partial charge in [-0.1, -0.05) is 5.16 Å². The predicted octanol–water partition coefficient (Wildman–Crippen LogP) is 3.72. The molecule has 2 atom stereocenters. The lowest BCUT2D eigenvalue weighted by Gasteiger charge is -2.43. The average molecular weight is 494 g/mol. The summed E-state index contributed by atoms with van der Waals surface area (Å²) in [6.07, 6.45) is 2.59. The zero-order valence-corrected chi connectivity index (χ0v) is 19.7. The first-order chi connectivity index (χ1) is 17.2. The van der Waals surface area contributed by atoms with Gasteiger partial charge in [0.15, 0.2) is 11.6 Å². The second kappa shape index (κ2) is 8.96. The molecule has 0 unspecified atom stereocenters. The van der Waals surface area contributed by atoms with Crippen molar-refractivity contribution < 1.29 is 28.3 Å². The lowest BCUT2D eigenvalue weighted by atomic mass is 9.99. The van der Waals surface area contributed by atoms with E-state index in [2.05, 4.69) is 20.9 Å². The molecule has 12 heteroatoms. The number of aryl methyl sites for hydroxylation is 2. The summed E-state index contributed by atoms with van der Waals surface area (Å²) in [6, 6.07) is 6.21.